The van der Waals surface area contributed by atoms with Crippen molar-refractivity contribution in [2.24, 2.45) is 5.41 Å². The van der Waals surface area contributed by atoms with Gasteiger partial charge in [-0.1, -0.05) is 0 Å². The second-order valence-electron chi connectivity index (χ2n) is 5.81. The molecular formula is C17H21Cl2Zr. The van der Waals surface area contributed by atoms with Crippen LogP contribution in [0.1, 0.15) is 39.0 Å². The van der Waals surface area contributed by atoms with Gasteiger partial charge in [0, 0.05) is 0 Å². The molecule has 0 aromatic heterocycles. The predicted molar refractivity (Wildman–Crippen MR) is 87.3 cm³/mol. The van der Waals surface area contributed by atoms with Crippen molar-refractivity contribution >= 4 is 34.2 Å². The summed E-state index contributed by atoms with van der Waals surface area (Å²) in [6, 6.07) is 8.88. The third-order valence-corrected chi connectivity index (χ3v) is 6.32. The van der Waals surface area contributed by atoms with Gasteiger partial charge in [-0.25, -0.2) is 0 Å². The van der Waals surface area contributed by atoms with Crippen molar-refractivity contribution in [1.29, 1.82) is 0 Å². The molecule has 1 unspecified atom stereocenters. The number of halogens is 2. The Morgan fingerprint density at radius 3 is 2.55 bits per heavy atom. The van der Waals surface area contributed by atoms with E-state index >= 15 is 0 Å². The minimum Gasteiger partial charge on any atom is -0.147 e. The van der Waals surface area contributed by atoms with Crippen molar-refractivity contribution in [1.82, 2.24) is 0 Å². The fourth-order valence-electron chi connectivity index (χ4n) is 3.25. The molecule has 20 heavy (non-hydrogen) atoms. The summed E-state index contributed by atoms with van der Waals surface area (Å²) in [6.45, 7) is 2.42. The van der Waals surface area contributed by atoms with E-state index in [2.05, 4.69) is 43.3 Å². The van der Waals surface area contributed by atoms with E-state index < -0.39 is 0 Å². The van der Waals surface area contributed by atoms with Crippen LogP contribution in [0.15, 0.2) is 35.9 Å². The van der Waals surface area contributed by atoms with Crippen LogP contribution in [0.3, 0.4) is 0 Å². The number of fused-ring (bicyclic) bond motifs is 1. The number of rotatable bonds is 2. The number of hydrogen-bond acceptors (Lipinski definition) is 0. The van der Waals surface area contributed by atoms with Gasteiger partial charge < -0.3 is 0 Å². The van der Waals surface area contributed by atoms with E-state index in [1.807, 2.05) is 0 Å². The van der Waals surface area contributed by atoms with Gasteiger partial charge in [0.05, 0.1) is 0 Å². The fourth-order valence-corrected chi connectivity index (χ4v) is 4.20. The second-order valence-corrected chi connectivity index (χ2v) is 7.04. The number of hydrogen-bond donors (Lipinski definition) is 0. The average molecular weight is 387 g/mol. The largest absolute Gasteiger partial charge is 0.147 e. The van der Waals surface area contributed by atoms with Crippen LogP contribution < -0.4 is 10.4 Å². The van der Waals surface area contributed by atoms with Gasteiger partial charge in [0.2, 0.25) is 0 Å². The molecule has 0 saturated carbocycles. The SMILES string of the molecule is CC1(CC2=CCCCC2)C=c2ccccc2=[C]1[Zr].Cl.Cl. The van der Waals surface area contributed by atoms with Crippen LogP contribution in [0.5, 0.6) is 0 Å². The summed E-state index contributed by atoms with van der Waals surface area (Å²) in [5.41, 5.74) is 1.97. The third-order valence-electron chi connectivity index (χ3n) is 4.25. The summed E-state index contributed by atoms with van der Waals surface area (Å²) in [5, 5.41) is 2.94. The maximum Gasteiger partial charge on any atom is -0.147 e. The van der Waals surface area contributed by atoms with Gasteiger partial charge in [0.25, 0.3) is 0 Å². The molecule has 0 radical (unpaired) electrons. The first kappa shape index (κ1) is 18.2. The molecule has 0 amide bonds. The minimum atomic E-state index is 0. The normalized spacial score (nSPS) is 23.8. The molecule has 107 valence electrons. The van der Waals surface area contributed by atoms with Crippen LogP contribution in [-0.4, -0.2) is 0 Å². The van der Waals surface area contributed by atoms with Crippen LogP contribution in [0.4, 0.5) is 0 Å². The van der Waals surface area contributed by atoms with Crippen molar-refractivity contribution < 1.29 is 24.7 Å². The van der Waals surface area contributed by atoms with Crippen molar-refractivity contribution in [2.45, 2.75) is 39.0 Å². The third kappa shape index (κ3) is 3.49. The first-order valence-electron chi connectivity index (χ1n) is 6.91. The molecule has 3 heteroatoms. The summed E-state index contributed by atoms with van der Waals surface area (Å²) >= 11 is 1.58. The summed E-state index contributed by atoms with van der Waals surface area (Å²) < 4.78 is 1.64. The molecule has 1 aromatic carbocycles. The summed E-state index contributed by atoms with van der Waals surface area (Å²) in [5.74, 6) is 0. The smallest absolute Gasteiger partial charge is 0.147 e. The van der Waals surface area contributed by atoms with E-state index in [1.165, 1.54) is 42.5 Å². The maximum absolute atomic E-state index is 2.50. The zero-order valence-electron chi connectivity index (χ0n) is 11.8. The quantitative estimate of drug-likeness (QED) is 0.676. The molecule has 1 atom stereocenters. The van der Waals surface area contributed by atoms with E-state index in [0.29, 0.717) is 0 Å². The van der Waals surface area contributed by atoms with Crippen molar-refractivity contribution in [3.63, 3.8) is 0 Å². The Morgan fingerprint density at radius 1 is 1.15 bits per heavy atom. The van der Waals surface area contributed by atoms with Crippen LogP contribution >= 0.6 is 24.8 Å². The van der Waals surface area contributed by atoms with Crippen LogP contribution in [0.2, 0.25) is 0 Å². The van der Waals surface area contributed by atoms with E-state index in [-0.39, 0.29) is 30.2 Å². The molecule has 0 spiro atoms. The van der Waals surface area contributed by atoms with Crippen LogP contribution in [0, 0.1) is 5.41 Å². The molecule has 0 fully saturated rings. The summed E-state index contributed by atoms with van der Waals surface area (Å²) in [4.78, 5) is 0. The summed E-state index contributed by atoms with van der Waals surface area (Å²) in [6.07, 6.45) is 11.6. The molecule has 0 saturated heterocycles. The predicted octanol–water partition coefficient (Wildman–Crippen LogP) is 3.88. The molecule has 2 aliphatic carbocycles. The van der Waals surface area contributed by atoms with Gasteiger partial charge in [-0.2, -0.15) is 0 Å². The molecule has 2 aliphatic rings. The molecule has 0 bridgehead atoms. The Kier molecular flexibility index (Phi) is 6.77. The van der Waals surface area contributed by atoms with Gasteiger partial charge in [-0.3, -0.25) is 0 Å². The van der Waals surface area contributed by atoms with Gasteiger partial charge in [-0.15, -0.1) is 24.8 Å². The Balaban J connectivity index is 0.000001000. The molecule has 0 aliphatic heterocycles. The molecular weight excluding hydrogens is 366 g/mol. The first-order valence-corrected chi connectivity index (χ1v) is 8.14. The zero-order valence-corrected chi connectivity index (χ0v) is 15.9. The fraction of sp³-hybridized carbons (Fsp3) is 0.412. The number of benzene rings is 1. The monoisotopic (exact) mass is 385 g/mol. The van der Waals surface area contributed by atoms with Crippen molar-refractivity contribution in [2.75, 3.05) is 0 Å². The standard InChI is InChI=1S/C17H19.2ClH.Zr/c1-17(11-14-7-3-2-4-8-14)12-15-9-5-6-10-16(15)13-17;;;/h5-7,9-10,12H,2-4,8,11H2,1H3;2*1H;. The van der Waals surface area contributed by atoms with E-state index in [1.54, 1.807) is 33.6 Å². The second kappa shape index (κ2) is 7.43. The van der Waals surface area contributed by atoms with Gasteiger partial charge in [0.15, 0.2) is 0 Å². The Bertz CT molecular complexity index is 618. The molecule has 1 aromatic rings. The Morgan fingerprint density at radius 2 is 1.90 bits per heavy atom. The molecule has 0 N–H and O–H groups in total. The van der Waals surface area contributed by atoms with Crippen LogP contribution in [0.25, 0.3) is 9.36 Å². The molecule has 0 heterocycles. The van der Waals surface area contributed by atoms with Crippen LogP contribution in [-0.2, 0) is 24.7 Å². The van der Waals surface area contributed by atoms with Gasteiger partial charge >= 0.3 is 125 Å². The molecule has 0 nitrogen and oxygen atoms in total. The Labute approximate surface area is 149 Å². The number of allylic oxidation sites excluding steroid dienone is 2. The van der Waals surface area contributed by atoms with E-state index in [0.717, 1.165) is 0 Å². The Hall–Kier alpha value is 0.163. The topological polar surface area (TPSA) is 0 Å². The minimum absolute atomic E-state index is 0. The van der Waals surface area contributed by atoms with E-state index in [9.17, 15) is 0 Å². The van der Waals surface area contributed by atoms with Gasteiger partial charge in [0.1, 0.15) is 0 Å². The van der Waals surface area contributed by atoms with Gasteiger partial charge in [-0.05, 0) is 0 Å². The molecule has 3 rings (SSSR count). The summed E-state index contributed by atoms with van der Waals surface area (Å²) in [7, 11) is 0. The zero-order chi connectivity index (χ0) is 12.6. The van der Waals surface area contributed by atoms with Crippen molar-refractivity contribution in [3.05, 3.63) is 46.4 Å². The average Bonchev–Trinajstić information content (AvgIpc) is 2.63. The van der Waals surface area contributed by atoms with Crippen molar-refractivity contribution in [3.8, 4) is 0 Å². The first-order chi connectivity index (χ1) is 8.69. The van der Waals surface area contributed by atoms with E-state index in [4.69, 9.17) is 0 Å². The maximum atomic E-state index is 2.50.